The van der Waals surface area contributed by atoms with Crippen molar-refractivity contribution in [2.24, 2.45) is 40.2 Å². The number of hydrogen-bond acceptors (Lipinski definition) is 10. The number of carbonyl (C=O) groups excluding carboxylic acids is 3. The van der Waals surface area contributed by atoms with E-state index in [9.17, 15) is 19.2 Å². The highest BCUT2D eigenvalue weighted by molar-refractivity contribution is 8.03. The second kappa shape index (κ2) is 18.8. The zero-order chi connectivity index (χ0) is 41.6. The van der Waals surface area contributed by atoms with Crippen LogP contribution in [-0.4, -0.2) is 102 Å². The fraction of sp³-hybridized carbons (Fsp3) is 0.865. The van der Waals surface area contributed by atoms with Crippen LogP contribution in [0.1, 0.15) is 109 Å². The molecule has 0 aromatic carbocycles. The van der Waals surface area contributed by atoms with Crippen molar-refractivity contribution in [2.75, 3.05) is 0 Å². The molecule has 14 nitrogen and oxygen atoms in total. The average molecular weight is 845 g/mol. The second-order valence-corrected chi connectivity index (χ2v) is 20.9. The summed E-state index contributed by atoms with van der Waals surface area (Å²) in [6.07, 6.45) is 5.01. The van der Waals surface area contributed by atoms with E-state index < -0.39 is 25.2 Å². The van der Waals surface area contributed by atoms with Crippen molar-refractivity contribution in [3.8, 4) is 0 Å². The molecule has 0 radical (unpaired) electrons. The SMILES string of the molecule is CC(NC(=O)C(C)PP)C(=O)O.CC(NP)C(=O)NC(C)C(=O)N[C@@H](C)B1O[C@@H]2C[C@@H]3C[C@@H](C3(C)C)[C@]2(C)O1.C[C@H](N)B1O[C@@H]2C[C@@H]3C[C@@H](C3(C)C)[C@]2(C)O1.[CH3-]. The van der Waals surface area contributed by atoms with Crippen LogP contribution in [0.5, 0.6) is 0 Å². The first-order chi connectivity index (χ1) is 25.3. The van der Waals surface area contributed by atoms with E-state index >= 15 is 0 Å². The Kier molecular flexibility index (Phi) is 16.6. The van der Waals surface area contributed by atoms with Gasteiger partial charge in [0.05, 0.1) is 41.1 Å². The molecular formula is C37H71B2N5O9P3-. The van der Waals surface area contributed by atoms with Crippen LogP contribution in [0.3, 0.4) is 0 Å². The minimum Gasteiger partial charge on any atom is -0.480 e. The highest BCUT2D eigenvalue weighted by Gasteiger charge is 2.69. The maximum absolute atomic E-state index is 12.5. The van der Waals surface area contributed by atoms with Crippen molar-refractivity contribution >= 4 is 64.5 Å². The summed E-state index contributed by atoms with van der Waals surface area (Å²) >= 11 is 0. The molecule has 320 valence electrons. The monoisotopic (exact) mass is 844 g/mol. The largest absolute Gasteiger partial charge is 0.481 e. The van der Waals surface area contributed by atoms with Gasteiger partial charge in [0, 0.05) is 5.94 Å². The minimum atomic E-state index is -1.01. The molecule has 7 unspecified atom stereocenters. The molecule has 2 aliphatic heterocycles. The Bertz CT molecular complexity index is 1440. The molecule has 8 aliphatic rings. The Hall–Kier alpha value is -0.940. The maximum atomic E-state index is 12.5. The molecular weight excluding hydrogens is 773 g/mol. The minimum absolute atomic E-state index is 0. The van der Waals surface area contributed by atoms with Gasteiger partial charge in [-0.25, -0.2) is 0 Å². The fourth-order valence-corrected chi connectivity index (χ4v) is 10.5. The third-order valence-corrected chi connectivity index (χ3v) is 16.7. The van der Waals surface area contributed by atoms with E-state index in [0.29, 0.717) is 31.4 Å². The van der Waals surface area contributed by atoms with E-state index in [-0.39, 0.29) is 84.7 Å². The van der Waals surface area contributed by atoms with Gasteiger partial charge in [-0.15, -0.1) is 8.93 Å². The second-order valence-electron chi connectivity index (χ2n) is 18.4. The predicted molar refractivity (Wildman–Crippen MR) is 231 cm³/mol. The third kappa shape index (κ3) is 9.81. The van der Waals surface area contributed by atoms with E-state index in [1.807, 2.05) is 13.8 Å². The van der Waals surface area contributed by atoms with E-state index in [1.54, 1.807) is 20.8 Å². The third-order valence-electron chi connectivity index (χ3n) is 13.9. The maximum Gasteiger partial charge on any atom is 0.481 e. The van der Waals surface area contributed by atoms with Gasteiger partial charge < -0.3 is 52.8 Å². The van der Waals surface area contributed by atoms with Crippen molar-refractivity contribution in [3.63, 3.8) is 0 Å². The van der Waals surface area contributed by atoms with Gasteiger partial charge in [-0.05, 0) is 109 Å². The first kappa shape index (κ1) is 49.4. The van der Waals surface area contributed by atoms with Crippen LogP contribution in [0.2, 0.25) is 0 Å². The highest BCUT2D eigenvalue weighted by atomic mass is 32.0. The number of nitrogens with one attached hydrogen (secondary N) is 4. The summed E-state index contributed by atoms with van der Waals surface area (Å²) in [7, 11) is 4.51. The van der Waals surface area contributed by atoms with Crippen molar-refractivity contribution in [1.29, 1.82) is 0 Å². The van der Waals surface area contributed by atoms with Crippen LogP contribution < -0.4 is 26.8 Å². The number of rotatable bonds is 11. The Labute approximate surface area is 343 Å². The number of hydrogen-bond donors (Lipinski definition) is 6. The molecule has 4 bridgehead atoms. The smallest absolute Gasteiger partial charge is 0.480 e. The predicted octanol–water partition coefficient (Wildman–Crippen LogP) is 3.52. The topological polar surface area (TPSA) is 200 Å². The van der Waals surface area contributed by atoms with Gasteiger partial charge in [0.15, 0.2) is 0 Å². The molecule has 2 saturated heterocycles. The summed E-state index contributed by atoms with van der Waals surface area (Å²) in [5, 5.41) is 19.3. The number of carboxylic acids is 1. The number of carboxylic acid groups (broad SMARTS) is 1. The normalized spacial score (nSPS) is 35.7. The molecule has 0 aromatic heterocycles. The molecule has 3 amide bonds. The Morgan fingerprint density at radius 3 is 1.55 bits per heavy atom. The van der Waals surface area contributed by atoms with Crippen LogP contribution in [0.15, 0.2) is 0 Å². The molecule has 8 fully saturated rings. The summed E-state index contributed by atoms with van der Waals surface area (Å²) in [6, 6.07) is -1.82. The van der Waals surface area contributed by atoms with Gasteiger partial charge in [0.25, 0.3) is 0 Å². The molecule has 6 aliphatic carbocycles. The van der Waals surface area contributed by atoms with Gasteiger partial charge in [0.2, 0.25) is 17.7 Å². The van der Waals surface area contributed by atoms with Crippen molar-refractivity contribution in [2.45, 2.75) is 168 Å². The lowest BCUT2D eigenvalue weighted by atomic mass is 9.43. The summed E-state index contributed by atoms with van der Waals surface area (Å²) in [6.45, 7) is 24.2. The van der Waals surface area contributed by atoms with Crippen molar-refractivity contribution < 1.29 is 42.9 Å². The van der Waals surface area contributed by atoms with E-state index in [1.165, 1.54) is 19.8 Å². The molecule has 2 heterocycles. The average Bonchev–Trinajstić information content (AvgIpc) is 3.68. The highest BCUT2D eigenvalue weighted by Crippen LogP contribution is 2.66. The van der Waals surface area contributed by atoms with Crippen molar-refractivity contribution in [1.82, 2.24) is 21.0 Å². The number of nitrogens with two attached hydrogens (primary N) is 1. The molecule has 56 heavy (non-hydrogen) atoms. The molecule has 19 heteroatoms. The van der Waals surface area contributed by atoms with E-state index in [0.717, 1.165) is 18.8 Å². The number of aliphatic carboxylic acids is 1. The zero-order valence-electron chi connectivity index (χ0n) is 35.9. The summed E-state index contributed by atoms with van der Waals surface area (Å²) in [4.78, 5) is 45.8. The van der Waals surface area contributed by atoms with Gasteiger partial charge in [-0.2, -0.15) is 0 Å². The zero-order valence-corrected chi connectivity index (χ0v) is 39.2. The molecule has 7 N–H and O–H groups in total. The Morgan fingerprint density at radius 1 is 0.714 bits per heavy atom. The lowest BCUT2D eigenvalue weighted by molar-refractivity contribution is -0.199. The van der Waals surface area contributed by atoms with Crippen LogP contribution in [-0.2, 0) is 37.8 Å². The van der Waals surface area contributed by atoms with E-state index in [4.69, 9.17) is 29.5 Å². The van der Waals surface area contributed by atoms with Gasteiger partial charge in [0.1, 0.15) is 12.1 Å². The standard InChI is InChI=1S/C18H33BN3O4P.C12H22BNO2.C6H13NO3P2.CH3/c1-9(20-16(24)10(2)22-27)15(23)21-11(3)19-25-14-8-12-7-13(17(12,4)5)18(14,6)26-19;1-7(14)13-15-10-6-8-5-9(11(8,2)3)12(10,4)16-13;1-3(6(9)10)7-5(8)4(2)12-11;/h9-14,22H,7-8,27H2,1-6H3,(H,20,24)(H,21,23);7-10H,5-6,14H2,1-4H3;3-4,12H,11H2,1-2H3,(H,7,8)(H,9,10);1H3/q;;;-1/t9?,10?,11-,12-,13-,14+,18-;7-,8-,9-,10+,12-;;/m00../s1. The van der Waals surface area contributed by atoms with Crippen LogP contribution in [0.25, 0.3) is 0 Å². The molecule has 0 aromatic rings. The molecule has 0 spiro atoms. The Balaban J connectivity index is 0.000000246. The number of amides is 3. The molecule has 6 saturated carbocycles. The Morgan fingerprint density at radius 2 is 1.14 bits per heavy atom. The van der Waals surface area contributed by atoms with E-state index in [2.05, 4.69) is 80.9 Å². The molecule has 17 atom stereocenters. The van der Waals surface area contributed by atoms with Crippen LogP contribution in [0.4, 0.5) is 0 Å². The molecule has 8 rings (SSSR count). The van der Waals surface area contributed by atoms with Gasteiger partial charge in [-0.1, -0.05) is 52.3 Å². The summed E-state index contributed by atoms with van der Waals surface area (Å²) in [5.41, 5.74) is 6.08. The lowest BCUT2D eigenvalue weighted by Gasteiger charge is -2.64. The summed E-state index contributed by atoms with van der Waals surface area (Å²) < 4.78 is 24.7. The van der Waals surface area contributed by atoms with Gasteiger partial charge in [-0.3, -0.25) is 24.3 Å². The first-order valence-electron chi connectivity index (χ1n) is 19.8. The number of carbonyl (C=O) groups is 4. The fourth-order valence-electron chi connectivity index (χ4n) is 9.61. The first-order valence-corrected chi connectivity index (χ1v) is 23.3. The van der Waals surface area contributed by atoms with Crippen molar-refractivity contribution in [3.05, 3.63) is 7.43 Å². The van der Waals surface area contributed by atoms with Gasteiger partial charge >= 0.3 is 20.2 Å². The quantitative estimate of drug-likeness (QED) is 0.101. The summed E-state index contributed by atoms with van der Waals surface area (Å²) in [5.74, 6) is 0.591. The van der Waals surface area contributed by atoms with Crippen LogP contribution >= 0.6 is 26.6 Å². The van der Waals surface area contributed by atoms with Crippen LogP contribution in [0, 0.1) is 41.9 Å². The lowest BCUT2D eigenvalue weighted by Crippen LogP contribution is -2.65.